The number of hydrogen-bond donors (Lipinski definition) is 1. The van der Waals surface area contributed by atoms with E-state index in [-0.39, 0.29) is 4.87 Å². The van der Waals surface area contributed by atoms with Gasteiger partial charge in [0, 0.05) is 17.0 Å². The standard InChI is InChI=1S/C19H28N2O2S/c1-4-6-11-21(12-7-5-2)14-17-18(20-19(22)24-17)15-9-8-10-16(13-15)23-3/h8-10,13H,4-7,11-12,14H2,1-3H3,(H,20,22). The number of aromatic nitrogens is 1. The van der Waals surface area contributed by atoms with Crippen LogP contribution in [0, 0.1) is 0 Å². The fourth-order valence-electron chi connectivity index (χ4n) is 2.72. The van der Waals surface area contributed by atoms with Crippen LogP contribution in [-0.4, -0.2) is 30.1 Å². The van der Waals surface area contributed by atoms with Gasteiger partial charge in [-0.1, -0.05) is 50.2 Å². The second kappa shape index (κ2) is 9.64. The molecule has 0 aliphatic rings. The van der Waals surface area contributed by atoms with Crippen LogP contribution in [0.2, 0.25) is 0 Å². The van der Waals surface area contributed by atoms with Gasteiger partial charge >= 0.3 is 4.87 Å². The predicted octanol–water partition coefficient (Wildman–Crippen LogP) is 4.51. The Kier molecular flexibility index (Phi) is 7.53. The van der Waals surface area contributed by atoms with E-state index in [2.05, 4.69) is 23.7 Å². The first kappa shape index (κ1) is 18.7. The summed E-state index contributed by atoms with van der Waals surface area (Å²) in [5.74, 6) is 0.805. The number of rotatable bonds is 10. The number of ether oxygens (including phenoxy) is 1. The highest BCUT2D eigenvalue weighted by Gasteiger charge is 2.14. The van der Waals surface area contributed by atoms with E-state index >= 15 is 0 Å². The average Bonchev–Trinajstić information content (AvgIpc) is 2.97. The highest BCUT2D eigenvalue weighted by atomic mass is 32.1. The van der Waals surface area contributed by atoms with E-state index in [1.807, 2.05) is 24.3 Å². The third kappa shape index (κ3) is 5.21. The zero-order chi connectivity index (χ0) is 17.4. The Balaban J connectivity index is 2.24. The van der Waals surface area contributed by atoms with Crippen molar-refractivity contribution < 1.29 is 4.74 Å². The van der Waals surface area contributed by atoms with Crippen molar-refractivity contribution in [2.24, 2.45) is 0 Å². The summed E-state index contributed by atoms with van der Waals surface area (Å²) in [7, 11) is 1.66. The molecule has 4 nitrogen and oxygen atoms in total. The number of methoxy groups -OCH3 is 1. The van der Waals surface area contributed by atoms with Crippen LogP contribution < -0.4 is 9.61 Å². The molecule has 0 fully saturated rings. The highest BCUT2D eigenvalue weighted by molar-refractivity contribution is 7.09. The lowest BCUT2D eigenvalue weighted by molar-refractivity contribution is 0.259. The van der Waals surface area contributed by atoms with Crippen LogP contribution in [0.5, 0.6) is 5.75 Å². The molecule has 1 heterocycles. The SMILES string of the molecule is CCCCN(CCCC)Cc1sc(=O)[nH]c1-c1cccc(OC)c1. The van der Waals surface area contributed by atoms with Gasteiger partial charge in [-0.3, -0.25) is 9.69 Å². The zero-order valence-electron chi connectivity index (χ0n) is 14.9. The first-order chi connectivity index (χ1) is 11.7. The van der Waals surface area contributed by atoms with Crippen molar-refractivity contribution >= 4 is 11.3 Å². The van der Waals surface area contributed by atoms with E-state index in [9.17, 15) is 4.79 Å². The third-order valence-corrected chi connectivity index (χ3v) is 4.97. The van der Waals surface area contributed by atoms with Gasteiger partial charge in [0.05, 0.1) is 12.8 Å². The van der Waals surface area contributed by atoms with E-state index in [0.29, 0.717) is 0 Å². The van der Waals surface area contributed by atoms with Gasteiger partial charge in [0.1, 0.15) is 5.75 Å². The van der Waals surface area contributed by atoms with Gasteiger partial charge in [0.25, 0.3) is 0 Å². The van der Waals surface area contributed by atoms with E-state index in [4.69, 9.17) is 4.74 Å². The number of unbranched alkanes of at least 4 members (excludes halogenated alkanes) is 2. The molecule has 132 valence electrons. The van der Waals surface area contributed by atoms with Crippen LogP contribution in [0.3, 0.4) is 0 Å². The molecule has 0 bridgehead atoms. The lowest BCUT2D eigenvalue weighted by atomic mass is 10.1. The highest BCUT2D eigenvalue weighted by Crippen LogP contribution is 2.27. The Hall–Kier alpha value is -1.59. The summed E-state index contributed by atoms with van der Waals surface area (Å²) < 4.78 is 5.31. The summed E-state index contributed by atoms with van der Waals surface area (Å²) in [4.78, 5) is 18.6. The molecule has 0 saturated carbocycles. The lowest BCUT2D eigenvalue weighted by Crippen LogP contribution is -2.25. The van der Waals surface area contributed by atoms with Crippen molar-refractivity contribution in [2.45, 2.75) is 46.1 Å². The molecule has 1 aromatic heterocycles. The molecule has 0 atom stereocenters. The molecule has 0 saturated heterocycles. The maximum atomic E-state index is 12.0. The average molecular weight is 349 g/mol. The quantitative estimate of drug-likeness (QED) is 0.687. The number of nitrogens with one attached hydrogen (secondary N) is 1. The first-order valence-electron chi connectivity index (χ1n) is 8.76. The Bertz CT molecular complexity index is 670. The molecule has 2 aromatic rings. The van der Waals surface area contributed by atoms with Gasteiger partial charge in [-0.25, -0.2) is 0 Å². The maximum absolute atomic E-state index is 12.0. The van der Waals surface area contributed by atoms with Gasteiger partial charge in [0.2, 0.25) is 0 Å². The van der Waals surface area contributed by atoms with Crippen LogP contribution in [0.4, 0.5) is 0 Å². The smallest absolute Gasteiger partial charge is 0.305 e. The molecule has 1 N–H and O–H groups in total. The Morgan fingerprint density at radius 3 is 2.50 bits per heavy atom. The monoisotopic (exact) mass is 348 g/mol. The molecular weight excluding hydrogens is 320 g/mol. The second-order valence-electron chi connectivity index (χ2n) is 6.03. The van der Waals surface area contributed by atoms with E-state index in [1.54, 1.807) is 7.11 Å². The van der Waals surface area contributed by atoms with E-state index in [1.165, 1.54) is 37.0 Å². The Labute approximate surface area is 148 Å². The molecule has 0 aliphatic carbocycles. The largest absolute Gasteiger partial charge is 0.497 e. The zero-order valence-corrected chi connectivity index (χ0v) is 15.7. The molecule has 0 amide bonds. The van der Waals surface area contributed by atoms with Crippen molar-refractivity contribution in [3.63, 3.8) is 0 Å². The van der Waals surface area contributed by atoms with Crippen molar-refractivity contribution in [1.29, 1.82) is 0 Å². The van der Waals surface area contributed by atoms with Gasteiger partial charge in [-0.2, -0.15) is 0 Å². The number of H-pyrrole nitrogens is 1. The summed E-state index contributed by atoms with van der Waals surface area (Å²) in [6.45, 7) is 7.43. The molecule has 0 spiro atoms. The Morgan fingerprint density at radius 1 is 1.17 bits per heavy atom. The summed E-state index contributed by atoms with van der Waals surface area (Å²) in [5.41, 5.74) is 1.94. The number of nitrogens with zero attached hydrogens (tertiary/aromatic N) is 1. The molecule has 24 heavy (non-hydrogen) atoms. The minimum Gasteiger partial charge on any atom is -0.497 e. The number of thiazole rings is 1. The van der Waals surface area contributed by atoms with E-state index in [0.717, 1.165) is 41.5 Å². The summed E-state index contributed by atoms with van der Waals surface area (Å²) in [6.07, 6.45) is 4.76. The summed E-state index contributed by atoms with van der Waals surface area (Å²) in [5, 5.41) is 0. The molecule has 1 aromatic carbocycles. The van der Waals surface area contributed by atoms with Crippen LogP contribution in [-0.2, 0) is 6.54 Å². The number of aromatic amines is 1. The third-order valence-electron chi connectivity index (χ3n) is 4.10. The minimum absolute atomic E-state index is 0.00810. The van der Waals surface area contributed by atoms with Crippen LogP contribution in [0.25, 0.3) is 11.3 Å². The fraction of sp³-hybridized carbons (Fsp3) is 0.526. The van der Waals surface area contributed by atoms with Crippen molar-refractivity contribution in [3.8, 4) is 17.0 Å². The Morgan fingerprint density at radius 2 is 1.88 bits per heavy atom. The second-order valence-corrected chi connectivity index (χ2v) is 7.10. The number of hydrogen-bond acceptors (Lipinski definition) is 4. The number of benzene rings is 1. The van der Waals surface area contributed by atoms with Crippen LogP contribution >= 0.6 is 11.3 Å². The molecule has 0 aliphatic heterocycles. The first-order valence-corrected chi connectivity index (χ1v) is 9.58. The van der Waals surface area contributed by atoms with Gasteiger partial charge in [-0.05, 0) is 38.1 Å². The van der Waals surface area contributed by atoms with Crippen LogP contribution in [0.1, 0.15) is 44.4 Å². The molecule has 0 unspecified atom stereocenters. The van der Waals surface area contributed by atoms with Crippen molar-refractivity contribution in [2.75, 3.05) is 20.2 Å². The van der Waals surface area contributed by atoms with Gasteiger partial charge in [-0.15, -0.1) is 0 Å². The molecule has 0 radical (unpaired) electrons. The molecule has 2 rings (SSSR count). The normalized spacial score (nSPS) is 11.2. The minimum atomic E-state index is 0.00810. The van der Waals surface area contributed by atoms with Crippen LogP contribution in [0.15, 0.2) is 29.1 Å². The van der Waals surface area contributed by atoms with Gasteiger partial charge < -0.3 is 9.72 Å². The lowest BCUT2D eigenvalue weighted by Gasteiger charge is -2.21. The topological polar surface area (TPSA) is 45.3 Å². The van der Waals surface area contributed by atoms with Crippen molar-refractivity contribution in [1.82, 2.24) is 9.88 Å². The van der Waals surface area contributed by atoms with Gasteiger partial charge in [0.15, 0.2) is 0 Å². The summed E-state index contributed by atoms with van der Waals surface area (Å²) >= 11 is 1.32. The van der Waals surface area contributed by atoms with E-state index < -0.39 is 0 Å². The predicted molar refractivity (Wildman–Crippen MR) is 102 cm³/mol. The molecular formula is C19H28N2O2S. The summed E-state index contributed by atoms with van der Waals surface area (Å²) in [6, 6.07) is 7.87. The van der Waals surface area contributed by atoms with Crippen molar-refractivity contribution in [3.05, 3.63) is 38.8 Å². The molecule has 5 heteroatoms. The fourth-order valence-corrected chi connectivity index (χ4v) is 3.61. The maximum Gasteiger partial charge on any atom is 0.305 e.